The van der Waals surface area contributed by atoms with Gasteiger partial charge >= 0.3 is 5.97 Å². The van der Waals surface area contributed by atoms with Gasteiger partial charge in [0.2, 0.25) is 0 Å². The van der Waals surface area contributed by atoms with E-state index in [0.717, 1.165) is 0 Å². The van der Waals surface area contributed by atoms with Crippen LogP contribution in [0.4, 0.5) is 14.5 Å². The predicted molar refractivity (Wildman–Crippen MR) is 93.7 cm³/mol. The van der Waals surface area contributed by atoms with Gasteiger partial charge in [-0.2, -0.15) is 8.78 Å². The summed E-state index contributed by atoms with van der Waals surface area (Å²) in [6.07, 6.45) is 0. The molecule has 0 bridgehead atoms. The van der Waals surface area contributed by atoms with Crippen LogP contribution < -0.4 is 5.32 Å². The Morgan fingerprint density at radius 2 is 1.80 bits per heavy atom. The van der Waals surface area contributed by atoms with Gasteiger partial charge in [-0.05, 0) is 36.4 Å². The Morgan fingerprint density at radius 1 is 1.12 bits per heavy atom. The fourth-order valence-electron chi connectivity index (χ4n) is 1.79. The molecule has 9 heteroatoms. The lowest BCUT2D eigenvalue weighted by Crippen LogP contribution is -2.21. The summed E-state index contributed by atoms with van der Waals surface area (Å²) in [6, 6.07) is 10.3. The largest absolute Gasteiger partial charge is 0.452 e. The average molecular weight is 406 g/mol. The van der Waals surface area contributed by atoms with E-state index < -0.39 is 24.2 Å². The maximum atomic E-state index is 12.2. The van der Waals surface area contributed by atoms with Crippen LogP contribution in [0.3, 0.4) is 0 Å². The highest BCUT2D eigenvalue weighted by atomic mass is 35.5. The molecule has 2 aromatic carbocycles. The summed E-state index contributed by atoms with van der Waals surface area (Å²) in [6.45, 7) is -0.533. The van der Waals surface area contributed by atoms with Crippen molar-refractivity contribution in [3.05, 3.63) is 58.1 Å². The van der Waals surface area contributed by atoms with Crippen LogP contribution in [0.25, 0.3) is 0 Å². The van der Waals surface area contributed by atoms with Gasteiger partial charge in [0.25, 0.3) is 11.7 Å². The molecule has 1 amide bonds. The van der Waals surface area contributed by atoms with Crippen molar-refractivity contribution < 1.29 is 23.1 Å². The van der Waals surface area contributed by atoms with E-state index in [1.165, 1.54) is 42.5 Å². The van der Waals surface area contributed by atoms with Gasteiger partial charge in [-0.15, -0.1) is 0 Å². The summed E-state index contributed by atoms with van der Waals surface area (Å²) >= 11 is 12.1. The number of esters is 1. The molecular formula is C16H11Cl2F2NO3S. The Bertz CT molecular complexity index is 772. The summed E-state index contributed by atoms with van der Waals surface area (Å²) in [4.78, 5) is 24.1. The van der Waals surface area contributed by atoms with E-state index in [-0.39, 0.29) is 15.6 Å². The van der Waals surface area contributed by atoms with E-state index in [1.807, 2.05) is 0 Å². The highest BCUT2D eigenvalue weighted by Gasteiger charge is 2.15. The second-order valence-electron chi connectivity index (χ2n) is 4.63. The molecule has 0 atom stereocenters. The molecule has 0 aliphatic rings. The third kappa shape index (κ3) is 5.88. The predicted octanol–water partition coefficient (Wildman–Crippen LogP) is 5.10. The maximum Gasteiger partial charge on any atom is 0.340 e. The first-order valence-corrected chi connectivity index (χ1v) is 8.46. The number of rotatable bonds is 6. The third-order valence-electron chi connectivity index (χ3n) is 2.87. The molecule has 2 aromatic rings. The van der Waals surface area contributed by atoms with Crippen molar-refractivity contribution in [2.75, 3.05) is 11.9 Å². The number of hydrogen-bond donors (Lipinski definition) is 1. The van der Waals surface area contributed by atoms with Crippen LogP contribution in [-0.2, 0) is 9.53 Å². The molecule has 0 radical (unpaired) electrons. The number of benzene rings is 2. The molecular weight excluding hydrogens is 395 g/mol. The zero-order chi connectivity index (χ0) is 18.4. The number of hydrogen-bond acceptors (Lipinski definition) is 4. The van der Waals surface area contributed by atoms with E-state index in [4.69, 9.17) is 27.9 Å². The van der Waals surface area contributed by atoms with Crippen LogP contribution in [0.2, 0.25) is 10.0 Å². The van der Waals surface area contributed by atoms with Gasteiger partial charge in [-0.3, -0.25) is 4.79 Å². The van der Waals surface area contributed by atoms with Crippen molar-refractivity contribution in [3.63, 3.8) is 0 Å². The average Bonchev–Trinajstić information content (AvgIpc) is 2.56. The number of amides is 1. The number of carbonyl (C=O) groups excluding carboxylic acids is 2. The number of halogens is 4. The Labute approximate surface area is 156 Å². The van der Waals surface area contributed by atoms with E-state index >= 15 is 0 Å². The second-order valence-corrected chi connectivity index (χ2v) is 6.48. The van der Waals surface area contributed by atoms with Gasteiger partial charge in [-0.25, -0.2) is 4.79 Å². The zero-order valence-electron chi connectivity index (χ0n) is 12.5. The monoisotopic (exact) mass is 405 g/mol. The van der Waals surface area contributed by atoms with Gasteiger partial charge in [0.05, 0.1) is 15.6 Å². The summed E-state index contributed by atoms with van der Waals surface area (Å²) in [5.41, 5.74) is 0.441. The Morgan fingerprint density at radius 3 is 2.44 bits per heavy atom. The topological polar surface area (TPSA) is 55.4 Å². The van der Waals surface area contributed by atoms with Crippen molar-refractivity contribution in [1.29, 1.82) is 0 Å². The van der Waals surface area contributed by atoms with Gasteiger partial charge in [0, 0.05) is 10.6 Å². The first-order chi connectivity index (χ1) is 11.9. The summed E-state index contributed by atoms with van der Waals surface area (Å²) < 4.78 is 29.3. The van der Waals surface area contributed by atoms with Gasteiger partial charge < -0.3 is 10.1 Å². The van der Waals surface area contributed by atoms with Gasteiger partial charge in [-0.1, -0.05) is 41.0 Å². The Hall–Kier alpha value is -1.83. The molecule has 0 saturated heterocycles. The standard InChI is InChI=1S/C16H11Cl2F2NO3S/c17-12-3-1-2-11(14(12)18)15(23)24-8-13(22)21-9-4-6-10(7-5-9)25-16(19)20/h1-7,16H,8H2,(H,21,22). The van der Waals surface area contributed by atoms with Crippen molar-refractivity contribution in [2.24, 2.45) is 0 Å². The number of carbonyl (C=O) groups is 2. The van der Waals surface area contributed by atoms with Crippen LogP contribution in [0, 0.1) is 0 Å². The first kappa shape index (κ1) is 19.5. The number of thioether (sulfide) groups is 1. The number of anilines is 1. The van der Waals surface area contributed by atoms with Crippen LogP contribution in [0.15, 0.2) is 47.4 Å². The van der Waals surface area contributed by atoms with Crippen molar-refractivity contribution in [2.45, 2.75) is 10.7 Å². The third-order valence-corrected chi connectivity index (χ3v) is 4.41. The van der Waals surface area contributed by atoms with Crippen LogP contribution in [-0.4, -0.2) is 24.2 Å². The van der Waals surface area contributed by atoms with Crippen molar-refractivity contribution in [3.8, 4) is 0 Å². The Balaban J connectivity index is 1.88. The molecule has 0 aromatic heterocycles. The summed E-state index contributed by atoms with van der Waals surface area (Å²) in [7, 11) is 0. The van der Waals surface area contributed by atoms with E-state index in [0.29, 0.717) is 22.3 Å². The molecule has 0 fully saturated rings. The Kier molecular flexibility index (Phi) is 7.04. The smallest absolute Gasteiger partial charge is 0.340 e. The molecule has 0 aliphatic carbocycles. The first-order valence-electron chi connectivity index (χ1n) is 6.82. The van der Waals surface area contributed by atoms with Crippen molar-refractivity contribution in [1.82, 2.24) is 0 Å². The molecule has 0 heterocycles. The fourth-order valence-corrected chi connectivity index (χ4v) is 2.66. The highest BCUT2D eigenvalue weighted by Crippen LogP contribution is 2.27. The molecule has 132 valence electrons. The number of nitrogens with one attached hydrogen (secondary N) is 1. The lowest BCUT2D eigenvalue weighted by Gasteiger charge is -2.08. The minimum Gasteiger partial charge on any atom is -0.452 e. The molecule has 0 unspecified atom stereocenters. The lowest BCUT2D eigenvalue weighted by atomic mass is 10.2. The van der Waals surface area contributed by atoms with Crippen LogP contribution in [0.1, 0.15) is 10.4 Å². The summed E-state index contributed by atoms with van der Waals surface area (Å²) in [5, 5.41) is 2.72. The molecule has 2 rings (SSSR count). The normalized spacial score (nSPS) is 10.6. The van der Waals surface area contributed by atoms with Gasteiger partial charge in [0.1, 0.15) is 0 Å². The quantitative estimate of drug-likeness (QED) is 0.536. The molecule has 4 nitrogen and oxygen atoms in total. The number of alkyl halides is 2. The maximum absolute atomic E-state index is 12.2. The SMILES string of the molecule is O=C(COC(=O)c1cccc(Cl)c1Cl)Nc1ccc(SC(F)F)cc1. The minimum atomic E-state index is -2.52. The van der Waals surface area contributed by atoms with E-state index in [2.05, 4.69) is 5.32 Å². The zero-order valence-corrected chi connectivity index (χ0v) is 14.8. The second kappa shape index (κ2) is 9.03. The van der Waals surface area contributed by atoms with Gasteiger partial charge in [0.15, 0.2) is 6.61 Å². The van der Waals surface area contributed by atoms with Crippen molar-refractivity contribution >= 4 is 52.5 Å². The van der Waals surface area contributed by atoms with E-state index in [9.17, 15) is 18.4 Å². The summed E-state index contributed by atoms with van der Waals surface area (Å²) in [5.74, 6) is -3.88. The molecule has 0 spiro atoms. The fraction of sp³-hybridized carbons (Fsp3) is 0.125. The minimum absolute atomic E-state index is 0.0432. The number of ether oxygens (including phenoxy) is 1. The van der Waals surface area contributed by atoms with Crippen LogP contribution in [0.5, 0.6) is 0 Å². The van der Waals surface area contributed by atoms with Crippen LogP contribution >= 0.6 is 35.0 Å². The molecule has 0 saturated carbocycles. The lowest BCUT2D eigenvalue weighted by molar-refractivity contribution is -0.119. The molecule has 1 N–H and O–H groups in total. The highest BCUT2D eigenvalue weighted by molar-refractivity contribution is 7.99. The van der Waals surface area contributed by atoms with E-state index in [1.54, 1.807) is 0 Å². The molecule has 25 heavy (non-hydrogen) atoms. The molecule has 0 aliphatic heterocycles.